The van der Waals surface area contributed by atoms with Gasteiger partial charge in [0.1, 0.15) is 5.75 Å². The summed E-state index contributed by atoms with van der Waals surface area (Å²) in [6.07, 6.45) is 15.2. The second kappa shape index (κ2) is 18.2. The summed E-state index contributed by atoms with van der Waals surface area (Å²) in [5.41, 5.74) is 0.957. The minimum Gasteiger partial charge on any atom is -0.495 e. The second-order valence-corrected chi connectivity index (χ2v) is 12.1. The first-order chi connectivity index (χ1) is 18.5. The SMILES string of the molecule is CC.CCC.COc1cc(C(=O)O)ccc1NSc1ccc(C#CC2CCC(C3CCCCCC3)CC2)s1. The van der Waals surface area contributed by atoms with Crippen molar-refractivity contribution < 1.29 is 14.6 Å². The van der Waals surface area contributed by atoms with Crippen molar-refractivity contribution in [1.82, 2.24) is 0 Å². The van der Waals surface area contributed by atoms with Crippen LogP contribution in [0.25, 0.3) is 0 Å². The monoisotopic (exact) mass is 557 g/mol. The van der Waals surface area contributed by atoms with Crippen LogP contribution in [-0.4, -0.2) is 18.2 Å². The van der Waals surface area contributed by atoms with Crippen LogP contribution in [0.5, 0.6) is 5.75 Å². The number of methoxy groups -OCH3 is 1. The summed E-state index contributed by atoms with van der Waals surface area (Å²) >= 11 is 3.17. The van der Waals surface area contributed by atoms with Crippen LogP contribution in [0.3, 0.4) is 0 Å². The predicted molar refractivity (Wildman–Crippen MR) is 165 cm³/mol. The molecule has 0 saturated heterocycles. The molecule has 6 heteroatoms. The van der Waals surface area contributed by atoms with Gasteiger partial charge in [0.2, 0.25) is 0 Å². The number of nitrogens with one attached hydrogen (secondary N) is 1. The van der Waals surface area contributed by atoms with Gasteiger partial charge in [0.25, 0.3) is 0 Å². The molecule has 4 rings (SSSR count). The van der Waals surface area contributed by atoms with Gasteiger partial charge in [0.05, 0.1) is 27.4 Å². The Morgan fingerprint density at radius 2 is 1.63 bits per heavy atom. The van der Waals surface area contributed by atoms with Crippen LogP contribution in [0.1, 0.15) is 114 Å². The van der Waals surface area contributed by atoms with E-state index in [4.69, 9.17) is 9.84 Å². The molecule has 0 unspecified atom stereocenters. The molecule has 2 saturated carbocycles. The molecule has 2 aliphatic carbocycles. The maximum Gasteiger partial charge on any atom is 0.335 e. The molecular formula is C32H47NO3S2. The first-order valence-corrected chi connectivity index (χ1v) is 16.1. The molecule has 38 heavy (non-hydrogen) atoms. The zero-order valence-electron chi connectivity index (χ0n) is 24.0. The summed E-state index contributed by atoms with van der Waals surface area (Å²) in [6.45, 7) is 8.25. The van der Waals surface area contributed by atoms with E-state index in [0.29, 0.717) is 11.7 Å². The number of anilines is 1. The number of rotatable bonds is 6. The highest BCUT2D eigenvalue weighted by Crippen LogP contribution is 2.39. The van der Waals surface area contributed by atoms with Crippen molar-refractivity contribution in [1.29, 1.82) is 0 Å². The Bertz CT molecular complexity index is 1010. The Balaban J connectivity index is 0.000000947. The van der Waals surface area contributed by atoms with Crippen molar-refractivity contribution >= 4 is 34.9 Å². The van der Waals surface area contributed by atoms with Gasteiger partial charge in [-0.3, -0.25) is 0 Å². The molecule has 1 aromatic heterocycles. The minimum absolute atomic E-state index is 0.208. The Labute approximate surface area is 239 Å². The smallest absolute Gasteiger partial charge is 0.335 e. The van der Waals surface area contributed by atoms with Crippen molar-refractivity contribution in [2.45, 2.75) is 103 Å². The molecule has 0 atom stereocenters. The van der Waals surface area contributed by atoms with Gasteiger partial charge in [-0.05, 0) is 79.8 Å². The molecule has 1 heterocycles. The van der Waals surface area contributed by atoms with Crippen LogP contribution < -0.4 is 9.46 Å². The number of benzene rings is 1. The first-order valence-electron chi connectivity index (χ1n) is 14.5. The van der Waals surface area contributed by atoms with E-state index in [0.717, 1.165) is 26.6 Å². The van der Waals surface area contributed by atoms with E-state index in [1.54, 1.807) is 30.6 Å². The molecule has 2 N–H and O–H groups in total. The van der Waals surface area contributed by atoms with Crippen LogP contribution in [0, 0.1) is 29.6 Å². The minimum atomic E-state index is -0.966. The number of thiophene rings is 1. The van der Waals surface area contributed by atoms with E-state index in [-0.39, 0.29) is 5.56 Å². The fourth-order valence-corrected chi connectivity index (χ4v) is 6.82. The van der Waals surface area contributed by atoms with Crippen LogP contribution >= 0.6 is 23.3 Å². The summed E-state index contributed by atoms with van der Waals surface area (Å²) in [5, 5.41) is 9.14. The summed E-state index contributed by atoms with van der Waals surface area (Å²) in [5.74, 6) is 8.98. The van der Waals surface area contributed by atoms with E-state index >= 15 is 0 Å². The van der Waals surface area contributed by atoms with Gasteiger partial charge < -0.3 is 14.6 Å². The van der Waals surface area contributed by atoms with Gasteiger partial charge in [-0.2, -0.15) is 0 Å². The van der Waals surface area contributed by atoms with Crippen molar-refractivity contribution in [3.05, 3.63) is 40.8 Å². The summed E-state index contributed by atoms with van der Waals surface area (Å²) < 4.78 is 9.71. The molecule has 0 spiro atoms. The van der Waals surface area contributed by atoms with Gasteiger partial charge in [-0.25, -0.2) is 4.79 Å². The topological polar surface area (TPSA) is 58.6 Å². The fraction of sp³-hybridized carbons (Fsp3) is 0.594. The summed E-state index contributed by atoms with van der Waals surface area (Å²) in [4.78, 5) is 12.2. The molecule has 0 radical (unpaired) electrons. The van der Waals surface area contributed by atoms with Crippen LogP contribution in [0.15, 0.2) is 34.5 Å². The van der Waals surface area contributed by atoms with Gasteiger partial charge in [0.15, 0.2) is 0 Å². The highest BCUT2D eigenvalue weighted by Gasteiger charge is 2.27. The Morgan fingerprint density at radius 1 is 1.00 bits per heavy atom. The van der Waals surface area contributed by atoms with E-state index in [1.165, 1.54) is 88.6 Å². The normalized spacial score (nSPS) is 19.3. The summed E-state index contributed by atoms with van der Waals surface area (Å²) in [6, 6.07) is 9.00. The van der Waals surface area contributed by atoms with Crippen molar-refractivity contribution in [2.24, 2.45) is 17.8 Å². The lowest BCUT2D eigenvalue weighted by Crippen LogP contribution is -2.21. The van der Waals surface area contributed by atoms with E-state index in [1.807, 2.05) is 13.8 Å². The zero-order valence-corrected chi connectivity index (χ0v) is 25.6. The molecular weight excluding hydrogens is 510 g/mol. The van der Waals surface area contributed by atoms with Crippen LogP contribution in [0.2, 0.25) is 0 Å². The third-order valence-corrected chi connectivity index (χ3v) is 8.98. The molecule has 210 valence electrons. The standard InChI is InChI=1S/C27H33NO3S2.C3H8.C2H6/c1-31-25-18-22(27(29)30)13-16-24(25)28-33-26-17-15-23(32-26)14-10-19-8-11-21(12-9-19)20-6-4-2-3-5-7-20;1-3-2;1-2/h13,15-21,28H,2-9,11-12H2,1H3,(H,29,30);3H2,1-2H3;1-2H3. The molecule has 1 aromatic carbocycles. The fourth-order valence-electron chi connectivity index (χ4n) is 5.15. The van der Waals surface area contributed by atoms with Gasteiger partial charge in [-0.15, -0.1) is 11.3 Å². The average Bonchev–Trinajstić information content (AvgIpc) is 3.23. The Kier molecular flexibility index (Phi) is 15.4. The Morgan fingerprint density at radius 3 is 2.24 bits per heavy atom. The van der Waals surface area contributed by atoms with Crippen molar-refractivity contribution in [2.75, 3.05) is 11.8 Å². The predicted octanol–water partition coefficient (Wildman–Crippen LogP) is 10.1. The molecule has 2 fully saturated rings. The lowest BCUT2D eigenvalue weighted by Gasteiger charge is -2.32. The number of hydrogen-bond donors (Lipinski definition) is 2. The van der Waals surface area contributed by atoms with E-state index in [9.17, 15) is 4.79 Å². The van der Waals surface area contributed by atoms with E-state index in [2.05, 4.69) is 42.5 Å². The maximum absolute atomic E-state index is 11.1. The lowest BCUT2D eigenvalue weighted by molar-refractivity contribution is 0.0696. The molecule has 0 aliphatic heterocycles. The lowest BCUT2D eigenvalue weighted by atomic mass is 9.73. The number of carboxylic acids is 1. The molecule has 2 aliphatic rings. The van der Waals surface area contributed by atoms with E-state index < -0.39 is 5.97 Å². The van der Waals surface area contributed by atoms with Crippen molar-refractivity contribution in [3.8, 4) is 17.6 Å². The average molecular weight is 558 g/mol. The highest BCUT2D eigenvalue weighted by atomic mass is 32.2. The van der Waals surface area contributed by atoms with Crippen LogP contribution in [-0.2, 0) is 0 Å². The zero-order chi connectivity index (χ0) is 27.8. The molecule has 4 nitrogen and oxygen atoms in total. The molecule has 0 amide bonds. The van der Waals surface area contributed by atoms with Gasteiger partial charge in [-0.1, -0.05) is 84.5 Å². The van der Waals surface area contributed by atoms with Crippen LogP contribution in [0.4, 0.5) is 5.69 Å². The maximum atomic E-state index is 11.1. The highest BCUT2D eigenvalue weighted by molar-refractivity contribution is 8.02. The summed E-state index contributed by atoms with van der Waals surface area (Å²) in [7, 11) is 1.54. The van der Waals surface area contributed by atoms with Gasteiger partial charge >= 0.3 is 5.97 Å². The number of ether oxygens (including phenoxy) is 1. The molecule has 0 bridgehead atoms. The third-order valence-electron chi connectivity index (χ3n) is 7.03. The number of carboxylic acid groups (broad SMARTS) is 1. The number of hydrogen-bond acceptors (Lipinski definition) is 5. The first kappa shape index (κ1) is 32.1. The van der Waals surface area contributed by atoms with Crippen molar-refractivity contribution in [3.63, 3.8) is 0 Å². The third kappa shape index (κ3) is 10.6. The number of aromatic carboxylic acids is 1. The largest absolute Gasteiger partial charge is 0.495 e. The molecule has 2 aromatic rings. The second-order valence-electron chi connectivity index (χ2n) is 9.88. The quantitative estimate of drug-likeness (QED) is 0.210. The number of carbonyl (C=O) groups is 1. The van der Waals surface area contributed by atoms with Gasteiger partial charge in [0, 0.05) is 5.92 Å². The Hall–Kier alpha value is -2.10.